The molecule has 2 atom stereocenters. The SMILES string of the molecule is CC(C)(C)CN1CCC(C(N)=O)C(C(=O)NOC(=O)C(F)(F)F)C1. The van der Waals surface area contributed by atoms with Crippen LogP contribution in [0.25, 0.3) is 0 Å². The highest BCUT2D eigenvalue weighted by molar-refractivity contribution is 5.87. The molecule has 10 heteroatoms. The second-order valence-electron chi connectivity index (χ2n) is 7.05. The van der Waals surface area contributed by atoms with Gasteiger partial charge in [0.25, 0.3) is 5.91 Å². The van der Waals surface area contributed by atoms with E-state index in [0.717, 1.165) is 0 Å². The Bertz CT molecular complexity index is 502. The molecule has 3 N–H and O–H groups in total. The molecule has 1 aliphatic rings. The highest BCUT2D eigenvalue weighted by atomic mass is 19.4. The first kappa shape index (κ1) is 20.2. The summed E-state index contributed by atoms with van der Waals surface area (Å²) in [6.45, 7) is 7.29. The smallest absolute Gasteiger partial charge is 0.369 e. The van der Waals surface area contributed by atoms with Crippen LogP contribution in [0.1, 0.15) is 27.2 Å². The Balaban J connectivity index is 2.75. The van der Waals surface area contributed by atoms with Gasteiger partial charge in [0.15, 0.2) is 0 Å². The minimum atomic E-state index is -5.22. The van der Waals surface area contributed by atoms with Crippen LogP contribution in [-0.4, -0.2) is 48.5 Å². The second-order valence-corrected chi connectivity index (χ2v) is 7.05. The lowest BCUT2D eigenvalue weighted by Gasteiger charge is -2.39. The van der Waals surface area contributed by atoms with Gasteiger partial charge in [0.2, 0.25) is 5.91 Å². The Morgan fingerprint density at radius 1 is 1.21 bits per heavy atom. The van der Waals surface area contributed by atoms with Crippen LogP contribution in [0.3, 0.4) is 0 Å². The number of nitrogens with two attached hydrogens (primary N) is 1. The van der Waals surface area contributed by atoms with Crippen LogP contribution in [0.5, 0.6) is 0 Å². The van der Waals surface area contributed by atoms with Crippen molar-refractivity contribution in [1.82, 2.24) is 10.4 Å². The number of amides is 2. The summed E-state index contributed by atoms with van der Waals surface area (Å²) in [6.07, 6.45) is -4.92. The van der Waals surface area contributed by atoms with Crippen LogP contribution in [0.4, 0.5) is 13.2 Å². The first-order chi connectivity index (χ1) is 10.8. The fourth-order valence-corrected chi connectivity index (χ4v) is 2.67. The molecule has 1 heterocycles. The maximum atomic E-state index is 12.1. The van der Waals surface area contributed by atoms with Gasteiger partial charge in [-0.2, -0.15) is 18.7 Å². The molecule has 0 aromatic rings. The molecule has 0 aliphatic carbocycles. The van der Waals surface area contributed by atoms with Crippen molar-refractivity contribution in [2.75, 3.05) is 19.6 Å². The third kappa shape index (κ3) is 5.99. The van der Waals surface area contributed by atoms with Crippen molar-refractivity contribution in [2.24, 2.45) is 23.0 Å². The molecule has 2 amide bonds. The van der Waals surface area contributed by atoms with Gasteiger partial charge in [-0.05, 0) is 18.4 Å². The number of hydrogen-bond donors (Lipinski definition) is 2. The Hall–Kier alpha value is -1.84. The van der Waals surface area contributed by atoms with Gasteiger partial charge in [0, 0.05) is 13.1 Å². The second kappa shape index (κ2) is 7.37. The number of halogens is 3. The molecule has 1 saturated heterocycles. The zero-order chi connectivity index (χ0) is 18.7. The van der Waals surface area contributed by atoms with Gasteiger partial charge in [-0.1, -0.05) is 20.8 Å². The molecule has 138 valence electrons. The molecular formula is C14H22F3N3O4. The quantitative estimate of drug-likeness (QED) is 0.723. The van der Waals surface area contributed by atoms with Gasteiger partial charge in [0.05, 0.1) is 11.8 Å². The number of primary amides is 1. The summed E-state index contributed by atoms with van der Waals surface area (Å²) in [6, 6.07) is 0. The van der Waals surface area contributed by atoms with Crippen LogP contribution >= 0.6 is 0 Å². The number of carbonyl (C=O) groups excluding carboxylic acids is 3. The lowest BCUT2D eigenvalue weighted by molar-refractivity contribution is -0.208. The highest BCUT2D eigenvalue weighted by Gasteiger charge is 2.43. The van der Waals surface area contributed by atoms with Crippen molar-refractivity contribution >= 4 is 17.8 Å². The summed E-state index contributed by atoms with van der Waals surface area (Å²) in [5.41, 5.74) is 6.69. The molecule has 24 heavy (non-hydrogen) atoms. The van der Waals surface area contributed by atoms with Crippen molar-refractivity contribution in [3.05, 3.63) is 0 Å². The van der Waals surface area contributed by atoms with Crippen LogP contribution in [0.15, 0.2) is 0 Å². The molecule has 0 aromatic heterocycles. The zero-order valence-electron chi connectivity index (χ0n) is 13.8. The molecule has 1 rings (SSSR count). The van der Waals surface area contributed by atoms with Crippen molar-refractivity contribution in [3.8, 4) is 0 Å². The number of nitrogens with zero attached hydrogens (tertiary/aromatic N) is 1. The average molecular weight is 353 g/mol. The van der Waals surface area contributed by atoms with E-state index < -0.39 is 35.8 Å². The van der Waals surface area contributed by atoms with Gasteiger partial charge >= 0.3 is 12.1 Å². The molecule has 0 saturated carbocycles. The molecule has 1 aliphatic heterocycles. The Kier molecular flexibility index (Phi) is 6.20. The number of rotatable bonds is 3. The normalized spacial score (nSPS) is 22.8. The molecular weight excluding hydrogens is 331 g/mol. The van der Waals surface area contributed by atoms with Crippen LogP contribution in [0, 0.1) is 17.3 Å². The van der Waals surface area contributed by atoms with E-state index in [2.05, 4.69) is 4.84 Å². The van der Waals surface area contributed by atoms with E-state index in [0.29, 0.717) is 19.5 Å². The first-order valence-electron chi connectivity index (χ1n) is 7.41. The largest absolute Gasteiger partial charge is 0.493 e. The van der Waals surface area contributed by atoms with Gasteiger partial charge in [0.1, 0.15) is 0 Å². The molecule has 0 radical (unpaired) electrons. The number of likely N-dealkylation sites (tertiary alicyclic amines) is 1. The minimum Gasteiger partial charge on any atom is -0.369 e. The summed E-state index contributed by atoms with van der Waals surface area (Å²) in [7, 11) is 0. The molecule has 2 unspecified atom stereocenters. The fraction of sp³-hybridized carbons (Fsp3) is 0.786. The number of carbonyl (C=O) groups is 3. The van der Waals surface area contributed by atoms with E-state index in [9.17, 15) is 27.6 Å². The summed E-state index contributed by atoms with van der Waals surface area (Å²) < 4.78 is 36.3. The Morgan fingerprint density at radius 3 is 2.25 bits per heavy atom. The van der Waals surface area contributed by atoms with E-state index in [-0.39, 0.29) is 12.0 Å². The van der Waals surface area contributed by atoms with E-state index >= 15 is 0 Å². The lowest BCUT2D eigenvalue weighted by Crippen LogP contribution is -2.52. The van der Waals surface area contributed by atoms with Crippen molar-refractivity contribution in [3.63, 3.8) is 0 Å². The summed E-state index contributed by atoms with van der Waals surface area (Å²) in [5, 5.41) is 0. The van der Waals surface area contributed by atoms with Crippen molar-refractivity contribution < 1.29 is 32.4 Å². The highest BCUT2D eigenvalue weighted by Crippen LogP contribution is 2.27. The third-order valence-corrected chi connectivity index (χ3v) is 3.57. The average Bonchev–Trinajstić information content (AvgIpc) is 2.41. The predicted molar refractivity (Wildman–Crippen MR) is 77.0 cm³/mol. The maximum absolute atomic E-state index is 12.1. The summed E-state index contributed by atoms with van der Waals surface area (Å²) in [5.74, 6) is -6.04. The van der Waals surface area contributed by atoms with Gasteiger partial charge in [-0.25, -0.2) is 4.79 Å². The number of nitrogens with one attached hydrogen (secondary N) is 1. The predicted octanol–water partition coefficient (Wildman–Crippen LogP) is 0.593. The van der Waals surface area contributed by atoms with Crippen molar-refractivity contribution in [2.45, 2.75) is 33.4 Å². The third-order valence-electron chi connectivity index (χ3n) is 3.57. The molecule has 1 fully saturated rings. The zero-order valence-corrected chi connectivity index (χ0v) is 13.8. The molecule has 0 spiro atoms. The van der Waals surface area contributed by atoms with Crippen LogP contribution in [-0.2, 0) is 19.2 Å². The number of hydroxylamine groups is 1. The first-order valence-corrected chi connectivity index (χ1v) is 7.41. The minimum absolute atomic E-state index is 0.0661. The molecule has 7 nitrogen and oxygen atoms in total. The molecule has 0 bridgehead atoms. The summed E-state index contributed by atoms with van der Waals surface area (Å²) in [4.78, 5) is 39.9. The number of alkyl halides is 3. The number of piperidine rings is 1. The summed E-state index contributed by atoms with van der Waals surface area (Å²) >= 11 is 0. The van der Waals surface area contributed by atoms with E-state index in [1.807, 2.05) is 25.7 Å². The monoisotopic (exact) mass is 353 g/mol. The maximum Gasteiger partial charge on any atom is 0.493 e. The van der Waals surface area contributed by atoms with Gasteiger partial charge in [-0.3, -0.25) is 9.59 Å². The topological polar surface area (TPSA) is 102 Å². The van der Waals surface area contributed by atoms with E-state index in [1.165, 1.54) is 5.48 Å². The Morgan fingerprint density at radius 2 is 1.79 bits per heavy atom. The van der Waals surface area contributed by atoms with Crippen LogP contribution in [0.2, 0.25) is 0 Å². The van der Waals surface area contributed by atoms with E-state index in [1.54, 1.807) is 0 Å². The van der Waals surface area contributed by atoms with Crippen molar-refractivity contribution in [1.29, 1.82) is 0 Å². The van der Waals surface area contributed by atoms with Gasteiger partial charge < -0.3 is 15.5 Å². The van der Waals surface area contributed by atoms with Crippen LogP contribution < -0.4 is 11.2 Å². The molecule has 0 aromatic carbocycles. The van der Waals surface area contributed by atoms with E-state index in [4.69, 9.17) is 5.73 Å². The fourth-order valence-electron chi connectivity index (χ4n) is 2.67. The standard InChI is InChI=1S/C14H22F3N3O4/c1-13(2,3)7-20-5-4-8(10(18)21)9(6-20)11(22)19-24-12(23)14(15,16)17/h8-9H,4-7H2,1-3H3,(H2,18,21)(H,19,22). The van der Waals surface area contributed by atoms with Gasteiger partial charge in [-0.15, -0.1) is 0 Å². The Labute approximate surface area is 137 Å². The lowest BCUT2D eigenvalue weighted by atomic mass is 9.83. The number of hydrogen-bond acceptors (Lipinski definition) is 5.